The summed E-state index contributed by atoms with van der Waals surface area (Å²) in [6, 6.07) is 5.73. The number of hydrogen-bond acceptors (Lipinski definition) is 8. The van der Waals surface area contributed by atoms with Crippen molar-refractivity contribution in [2.75, 3.05) is 37.1 Å². The Kier molecular flexibility index (Phi) is 8.70. The number of nitrogens with zero attached hydrogens (tertiary/aromatic N) is 3. The number of nitrogens with one attached hydrogen (secondary N) is 2. The fourth-order valence-electron chi connectivity index (χ4n) is 3.94. The number of aromatic nitrogens is 2. The van der Waals surface area contributed by atoms with E-state index in [2.05, 4.69) is 43.1 Å². The van der Waals surface area contributed by atoms with Crippen LogP contribution in [0.4, 0.5) is 21.6 Å². The van der Waals surface area contributed by atoms with Crippen molar-refractivity contribution in [3.63, 3.8) is 0 Å². The number of methoxy groups -OCH3 is 1. The van der Waals surface area contributed by atoms with Gasteiger partial charge in [0, 0.05) is 23.0 Å². The van der Waals surface area contributed by atoms with Crippen LogP contribution in [0.2, 0.25) is 5.02 Å². The predicted molar refractivity (Wildman–Crippen MR) is 143 cm³/mol. The van der Waals surface area contributed by atoms with Crippen LogP contribution in [0.3, 0.4) is 0 Å². The molecule has 1 aliphatic heterocycles. The van der Waals surface area contributed by atoms with E-state index in [-0.39, 0.29) is 41.2 Å². The lowest BCUT2D eigenvalue weighted by Crippen LogP contribution is -2.46. The summed E-state index contributed by atoms with van der Waals surface area (Å²) < 4.78 is 26.2. The van der Waals surface area contributed by atoms with Crippen molar-refractivity contribution >= 4 is 67.4 Å². The van der Waals surface area contributed by atoms with Crippen LogP contribution < -0.4 is 20.3 Å². The number of carbonyl (C=O) groups excluding carboxylic acids is 2. The Morgan fingerprint density at radius 2 is 2.16 bits per heavy atom. The maximum absolute atomic E-state index is 14.8. The molecule has 37 heavy (non-hydrogen) atoms. The topological polar surface area (TPSA) is 106 Å². The van der Waals surface area contributed by atoms with Crippen molar-refractivity contribution in [1.82, 2.24) is 15.3 Å². The van der Waals surface area contributed by atoms with Crippen molar-refractivity contribution in [3.8, 4) is 5.75 Å². The minimum atomic E-state index is -0.673. The van der Waals surface area contributed by atoms with Gasteiger partial charge < -0.3 is 20.1 Å². The third-order valence-corrected chi connectivity index (χ3v) is 7.02. The lowest BCUT2D eigenvalue weighted by atomic mass is 10.1. The third-order valence-electron chi connectivity index (χ3n) is 5.76. The Morgan fingerprint density at radius 3 is 2.86 bits per heavy atom. The number of rotatable bonds is 9. The van der Waals surface area contributed by atoms with Crippen LogP contribution in [0.5, 0.6) is 5.75 Å². The summed E-state index contributed by atoms with van der Waals surface area (Å²) in [6.45, 7) is 4.68. The van der Waals surface area contributed by atoms with E-state index in [1.54, 1.807) is 18.2 Å². The van der Waals surface area contributed by atoms with E-state index in [4.69, 9.17) is 21.1 Å². The summed E-state index contributed by atoms with van der Waals surface area (Å²) >= 11 is 9.24. The highest BCUT2D eigenvalue weighted by Gasteiger charge is 2.33. The van der Waals surface area contributed by atoms with E-state index >= 15 is 0 Å². The van der Waals surface area contributed by atoms with Crippen LogP contribution >= 0.6 is 27.5 Å². The number of ether oxygens (including phenoxy) is 2. The Balaban J connectivity index is 1.86. The molecule has 2 amide bonds. The molecule has 1 unspecified atom stereocenters. The van der Waals surface area contributed by atoms with Crippen LogP contribution in [-0.2, 0) is 14.3 Å². The molecule has 12 heteroatoms. The van der Waals surface area contributed by atoms with Gasteiger partial charge in [-0.05, 0) is 59.6 Å². The van der Waals surface area contributed by atoms with Gasteiger partial charge in [-0.1, -0.05) is 18.2 Å². The number of imide groups is 1. The number of halogens is 3. The minimum absolute atomic E-state index is 0.0837. The molecule has 2 N–H and O–H groups in total. The van der Waals surface area contributed by atoms with Gasteiger partial charge in [-0.2, -0.15) is 0 Å². The number of fused-ring (bicyclic) bond motifs is 1. The maximum Gasteiger partial charge on any atom is 0.257 e. The summed E-state index contributed by atoms with van der Waals surface area (Å²) in [5.41, 5.74) is 0.703. The zero-order valence-corrected chi connectivity index (χ0v) is 22.2. The van der Waals surface area contributed by atoms with Gasteiger partial charge in [0.15, 0.2) is 5.82 Å². The first-order chi connectivity index (χ1) is 17.8. The van der Waals surface area contributed by atoms with Gasteiger partial charge in [-0.15, -0.1) is 0 Å². The normalized spacial score (nSPS) is 15.0. The largest absolute Gasteiger partial charge is 0.489 e. The third kappa shape index (κ3) is 5.74. The number of hydrogen-bond donors (Lipinski definition) is 2. The number of carbonyl (C=O) groups is 2. The molecule has 1 fully saturated rings. The molecule has 1 aliphatic rings. The zero-order valence-electron chi connectivity index (χ0n) is 19.9. The zero-order chi connectivity index (χ0) is 26.5. The Labute approximate surface area is 226 Å². The second-order valence-electron chi connectivity index (χ2n) is 8.11. The van der Waals surface area contributed by atoms with Gasteiger partial charge in [0.1, 0.15) is 24.5 Å². The minimum Gasteiger partial charge on any atom is -0.489 e. The molecule has 194 valence electrons. The SMILES string of the molecule is C=CC(=O)N(C(=O)C1CCCN1)c1cc2c(Nc3ccc(Br)c(Cl)c3F)ncnc2cc1OCCOC. The highest BCUT2D eigenvalue weighted by molar-refractivity contribution is 9.10. The van der Waals surface area contributed by atoms with E-state index in [0.717, 1.165) is 17.4 Å². The fraction of sp³-hybridized carbons (Fsp3) is 0.280. The average molecular weight is 593 g/mol. The summed E-state index contributed by atoms with van der Waals surface area (Å²) in [4.78, 5) is 36.0. The molecule has 1 saturated heterocycles. The number of anilines is 3. The van der Waals surface area contributed by atoms with Gasteiger partial charge in [0.2, 0.25) is 0 Å². The van der Waals surface area contributed by atoms with Crippen molar-refractivity contribution in [2.24, 2.45) is 0 Å². The summed E-state index contributed by atoms with van der Waals surface area (Å²) in [6.07, 6.45) is 3.77. The maximum atomic E-state index is 14.8. The van der Waals surface area contributed by atoms with Crippen molar-refractivity contribution in [2.45, 2.75) is 18.9 Å². The standard InChI is InChI=1S/C25H24BrClFN5O4/c1-3-21(34)33(25(35)17-5-4-8-29-17)19-11-14-18(12-20(19)37-10-9-36-2)30-13-31-24(14)32-16-7-6-15(26)22(27)23(16)28/h3,6-7,11-13,17,29H,1,4-5,8-10H2,2H3,(H,30,31,32). The Hall–Kier alpha value is -3.12. The first-order valence-electron chi connectivity index (χ1n) is 11.4. The lowest BCUT2D eigenvalue weighted by molar-refractivity contribution is -0.125. The predicted octanol–water partition coefficient (Wildman–Crippen LogP) is 4.75. The summed E-state index contributed by atoms with van der Waals surface area (Å²) in [5, 5.41) is 6.39. The molecule has 0 saturated carbocycles. The smallest absolute Gasteiger partial charge is 0.257 e. The lowest BCUT2D eigenvalue weighted by Gasteiger charge is -2.25. The molecule has 1 aromatic heterocycles. The van der Waals surface area contributed by atoms with Crippen molar-refractivity contribution in [1.29, 1.82) is 0 Å². The van der Waals surface area contributed by atoms with Gasteiger partial charge in [-0.25, -0.2) is 19.3 Å². The van der Waals surface area contributed by atoms with Crippen LogP contribution in [-0.4, -0.2) is 54.7 Å². The Bertz CT molecular complexity index is 1350. The van der Waals surface area contributed by atoms with E-state index in [9.17, 15) is 14.0 Å². The van der Waals surface area contributed by atoms with Gasteiger partial charge in [0.05, 0.1) is 34.6 Å². The summed E-state index contributed by atoms with van der Waals surface area (Å²) in [7, 11) is 1.53. The van der Waals surface area contributed by atoms with Gasteiger partial charge >= 0.3 is 0 Å². The van der Waals surface area contributed by atoms with E-state index in [0.29, 0.717) is 28.3 Å². The molecular formula is C25H24BrClFN5O4. The first kappa shape index (κ1) is 26.9. The molecule has 2 heterocycles. The molecule has 0 aliphatic carbocycles. The van der Waals surface area contributed by atoms with E-state index < -0.39 is 23.7 Å². The van der Waals surface area contributed by atoms with Gasteiger partial charge in [0.25, 0.3) is 11.8 Å². The monoisotopic (exact) mass is 591 g/mol. The number of benzene rings is 2. The highest BCUT2D eigenvalue weighted by atomic mass is 79.9. The molecule has 3 aromatic rings. The molecule has 0 radical (unpaired) electrons. The fourth-order valence-corrected chi connectivity index (χ4v) is 4.41. The highest BCUT2D eigenvalue weighted by Crippen LogP contribution is 2.38. The number of amides is 2. The molecular weight excluding hydrogens is 569 g/mol. The molecule has 4 rings (SSSR count). The second-order valence-corrected chi connectivity index (χ2v) is 9.35. The molecule has 2 aromatic carbocycles. The van der Waals surface area contributed by atoms with Gasteiger partial charge in [-0.3, -0.25) is 9.59 Å². The van der Waals surface area contributed by atoms with Crippen LogP contribution in [0.25, 0.3) is 10.9 Å². The summed E-state index contributed by atoms with van der Waals surface area (Å²) in [5.74, 6) is -1.24. The quantitative estimate of drug-likeness (QED) is 0.208. The average Bonchev–Trinajstić information content (AvgIpc) is 3.44. The molecule has 0 bridgehead atoms. The van der Waals surface area contributed by atoms with E-state index in [1.165, 1.54) is 19.5 Å². The van der Waals surface area contributed by atoms with Crippen LogP contribution in [0.15, 0.2) is 47.7 Å². The van der Waals surface area contributed by atoms with Crippen LogP contribution in [0, 0.1) is 5.82 Å². The molecule has 9 nitrogen and oxygen atoms in total. The molecule has 1 atom stereocenters. The second kappa shape index (κ2) is 12.0. The van der Waals surface area contributed by atoms with Crippen molar-refractivity contribution in [3.05, 3.63) is 58.6 Å². The Morgan fingerprint density at radius 1 is 1.35 bits per heavy atom. The van der Waals surface area contributed by atoms with Crippen molar-refractivity contribution < 1.29 is 23.5 Å². The van der Waals surface area contributed by atoms with E-state index in [1.807, 2.05) is 0 Å². The molecule has 0 spiro atoms. The first-order valence-corrected chi connectivity index (χ1v) is 12.6. The van der Waals surface area contributed by atoms with Crippen LogP contribution in [0.1, 0.15) is 12.8 Å².